The van der Waals surface area contributed by atoms with Crippen LogP contribution in [0.1, 0.15) is 10.4 Å². The van der Waals surface area contributed by atoms with Crippen LogP contribution >= 0.6 is 15.9 Å². The van der Waals surface area contributed by atoms with Gasteiger partial charge < -0.3 is 15.0 Å². The van der Waals surface area contributed by atoms with Crippen molar-refractivity contribution in [3.8, 4) is 0 Å². The highest BCUT2D eigenvalue weighted by molar-refractivity contribution is 9.10. The molecule has 0 saturated carbocycles. The molecule has 0 aromatic heterocycles. The van der Waals surface area contributed by atoms with Crippen molar-refractivity contribution in [1.29, 1.82) is 0 Å². The van der Waals surface area contributed by atoms with Crippen molar-refractivity contribution in [3.05, 3.63) is 58.3 Å². The zero-order valence-corrected chi connectivity index (χ0v) is 14.0. The average molecular weight is 379 g/mol. The Balaban J connectivity index is 1.77. The van der Waals surface area contributed by atoms with E-state index in [1.165, 1.54) is 12.1 Å². The highest BCUT2D eigenvalue weighted by atomic mass is 79.9. The lowest BCUT2D eigenvalue weighted by atomic mass is 10.2. The van der Waals surface area contributed by atoms with E-state index in [2.05, 4.69) is 26.1 Å². The number of halogens is 2. The predicted octanol–water partition coefficient (Wildman–Crippen LogP) is 3.68. The van der Waals surface area contributed by atoms with Gasteiger partial charge in [-0.15, -0.1) is 0 Å². The maximum absolute atomic E-state index is 13.8. The molecule has 6 heteroatoms. The summed E-state index contributed by atoms with van der Waals surface area (Å²) in [7, 11) is 0. The van der Waals surface area contributed by atoms with Crippen molar-refractivity contribution in [3.63, 3.8) is 0 Å². The summed E-state index contributed by atoms with van der Waals surface area (Å²) in [6.45, 7) is 3.02. The number of carbonyl (C=O) groups excluding carboxylic acids is 1. The van der Waals surface area contributed by atoms with Gasteiger partial charge in [0, 0.05) is 28.9 Å². The summed E-state index contributed by atoms with van der Waals surface area (Å²) in [4.78, 5) is 14.5. The summed E-state index contributed by atoms with van der Waals surface area (Å²) < 4.78 is 19.8. The van der Waals surface area contributed by atoms with E-state index in [-0.39, 0.29) is 5.56 Å². The molecule has 0 aliphatic carbocycles. The number of rotatable bonds is 3. The molecule has 1 heterocycles. The lowest BCUT2D eigenvalue weighted by molar-refractivity contribution is 0.102. The van der Waals surface area contributed by atoms with Gasteiger partial charge in [-0.3, -0.25) is 4.79 Å². The van der Waals surface area contributed by atoms with E-state index in [1.54, 1.807) is 12.1 Å². The van der Waals surface area contributed by atoms with Crippen molar-refractivity contribution in [2.24, 2.45) is 0 Å². The molecule has 0 atom stereocenters. The Morgan fingerprint density at radius 1 is 1.17 bits per heavy atom. The molecule has 1 saturated heterocycles. The number of ether oxygens (including phenoxy) is 1. The smallest absolute Gasteiger partial charge is 0.258 e. The summed E-state index contributed by atoms with van der Waals surface area (Å²) in [6, 6.07) is 11.8. The van der Waals surface area contributed by atoms with Crippen molar-refractivity contribution >= 4 is 33.2 Å². The van der Waals surface area contributed by atoms with Crippen molar-refractivity contribution < 1.29 is 13.9 Å². The molecule has 4 nitrogen and oxygen atoms in total. The lowest BCUT2D eigenvalue weighted by Gasteiger charge is -2.29. The SMILES string of the molecule is O=C(Nc1cccc(N2CCOCC2)c1)c1cc(Br)ccc1F. The number of nitrogens with zero attached hydrogens (tertiary/aromatic N) is 1. The first-order chi connectivity index (χ1) is 11.1. The second-order valence-corrected chi connectivity index (χ2v) is 6.14. The van der Waals surface area contributed by atoms with Gasteiger partial charge in [-0.25, -0.2) is 4.39 Å². The first kappa shape index (κ1) is 16.0. The Labute approximate surface area is 142 Å². The summed E-state index contributed by atoms with van der Waals surface area (Å²) in [5, 5.41) is 2.75. The fourth-order valence-electron chi connectivity index (χ4n) is 2.47. The Kier molecular flexibility index (Phi) is 4.93. The summed E-state index contributed by atoms with van der Waals surface area (Å²) in [6.07, 6.45) is 0. The molecule has 120 valence electrons. The topological polar surface area (TPSA) is 41.6 Å². The van der Waals surface area contributed by atoms with Gasteiger partial charge in [0.15, 0.2) is 0 Å². The molecule has 0 spiro atoms. The molecule has 23 heavy (non-hydrogen) atoms. The third-order valence-electron chi connectivity index (χ3n) is 3.65. The van der Waals surface area contributed by atoms with Crippen LogP contribution in [0.5, 0.6) is 0 Å². The van der Waals surface area contributed by atoms with Crippen LogP contribution in [-0.2, 0) is 4.74 Å². The molecule has 0 unspecified atom stereocenters. The van der Waals surface area contributed by atoms with Crippen molar-refractivity contribution in [1.82, 2.24) is 0 Å². The van der Waals surface area contributed by atoms with Crippen LogP contribution in [0.25, 0.3) is 0 Å². The molecular weight excluding hydrogens is 363 g/mol. The molecule has 0 radical (unpaired) electrons. The van der Waals surface area contributed by atoms with Crippen LogP contribution in [-0.4, -0.2) is 32.2 Å². The molecule has 3 rings (SSSR count). The number of benzene rings is 2. The first-order valence-corrected chi connectivity index (χ1v) is 8.12. The number of carbonyl (C=O) groups is 1. The third-order valence-corrected chi connectivity index (χ3v) is 4.15. The highest BCUT2D eigenvalue weighted by Crippen LogP contribution is 2.22. The minimum Gasteiger partial charge on any atom is -0.378 e. The molecular formula is C17H16BrFN2O2. The van der Waals surface area contributed by atoms with E-state index in [0.717, 1.165) is 18.8 Å². The van der Waals surface area contributed by atoms with Gasteiger partial charge >= 0.3 is 0 Å². The minimum atomic E-state index is -0.546. The summed E-state index contributed by atoms with van der Waals surface area (Å²) in [5.41, 5.74) is 1.66. The van der Waals surface area contributed by atoms with E-state index in [4.69, 9.17) is 4.74 Å². The van der Waals surface area contributed by atoms with E-state index in [1.807, 2.05) is 18.2 Å². The first-order valence-electron chi connectivity index (χ1n) is 7.32. The largest absolute Gasteiger partial charge is 0.378 e. The summed E-state index contributed by atoms with van der Waals surface area (Å²) >= 11 is 3.25. The van der Waals surface area contributed by atoms with Crippen molar-refractivity contribution in [2.75, 3.05) is 36.5 Å². The molecule has 0 bridgehead atoms. The highest BCUT2D eigenvalue weighted by Gasteiger charge is 2.14. The Bertz CT molecular complexity index is 717. The molecule has 1 N–H and O–H groups in total. The Morgan fingerprint density at radius 3 is 2.74 bits per heavy atom. The van der Waals surface area contributed by atoms with Gasteiger partial charge in [-0.1, -0.05) is 22.0 Å². The zero-order chi connectivity index (χ0) is 16.2. The maximum atomic E-state index is 13.8. The van der Waals surface area contributed by atoms with Gasteiger partial charge in [-0.05, 0) is 36.4 Å². The van der Waals surface area contributed by atoms with E-state index >= 15 is 0 Å². The van der Waals surface area contributed by atoms with Crippen LogP contribution in [0.2, 0.25) is 0 Å². The lowest BCUT2D eigenvalue weighted by Crippen LogP contribution is -2.36. The monoisotopic (exact) mass is 378 g/mol. The van der Waals surface area contributed by atoms with E-state index in [0.29, 0.717) is 23.4 Å². The zero-order valence-electron chi connectivity index (χ0n) is 12.4. The molecule has 1 aliphatic heterocycles. The van der Waals surface area contributed by atoms with Gasteiger partial charge in [-0.2, -0.15) is 0 Å². The molecule has 1 amide bonds. The van der Waals surface area contributed by atoms with E-state index in [9.17, 15) is 9.18 Å². The third kappa shape index (κ3) is 3.89. The van der Waals surface area contributed by atoms with Crippen LogP contribution in [0.15, 0.2) is 46.9 Å². The predicted molar refractivity (Wildman–Crippen MR) is 91.5 cm³/mol. The standard InChI is InChI=1S/C17H16BrFN2O2/c18-12-4-5-16(19)15(10-12)17(22)20-13-2-1-3-14(11-13)21-6-8-23-9-7-21/h1-5,10-11H,6-9H2,(H,20,22). The van der Waals surface area contributed by atoms with Crippen LogP contribution in [0.4, 0.5) is 15.8 Å². The van der Waals surface area contributed by atoms with Crippen LogP contribution < -0.4 is 10.2 Å². The second-order valence-electron chi connectivity index (χ2n) is 5.23. The second kappa shape index (κ2) is 7.10. The number of morpholine rings is 1. The van der Waals surface area contributed by atoms with Gasteiger partial charge in [0.25, 0.3) is 5.91 Å². The quantitative estimate of drug-likeness (QED) is 0.885. The normalized spacial score (nSPS) is 14.6. The minimum absolute atomic E-state index is 0.0103. The fraction of sp³-hybridized carbons (Fsp3) is 0.235. The number of nitrogens with one attached hydrogen (secondary N) is 1. The number of hydrogen-bond donors (Lipinski definition) is 1. The van der Waals surface area contributed by atoms with E-state index < -0.39 is 11.7 Å². The Hall–Kier alpha value is -1.92. The number of hydrogen-bond acceptors (Lipinski definition) is 3. The van der Waals surface area contributed by atoms with Gasteiger partial charge in [0.1, 0.15) is 5.82 Å². The van der Waals surface area contributed by atoms with Gasteiger partial charge in [0.2, 0.25) is 0 Å². The number of anilines is 2. The number of amides is 1. The van der Waals surface area contributed by atoms with Crippen LogP contribution in [0.3, 0.4) is 0 Å². The van der Waals surface area contributed by atoms with Crippen LogP contribution in [0, 0.1) is 5.82 Å². The maximum Gasteiger partial charge on any atom is 0.258 e. The summed E-state index contributed by atoms with van der Waals surface area (Å²) in [5.74, 6) is -1.02. The average Bonchev–Trinajstić information content (AvgIpc) is 2.58. The Morgan fingerprint density at radius 2 is 1.96 bits per heavy atom. The van der Waals surface area contributed by atoms with Gasteiger partial charge in [0.05, 0.1) is 18.8 Å². The van der Waals surface area contributed by atoms with Crippen molar-refractivity contribution in [2.45, 2.75) is 0 Å². The molecule has 1 fully saturated rings. The fourth-order valence-corrected chi connectivity index (χ4v) is 2.83. The molecule has 2 aromatic carbocycles. The molecule has 1 aliphatic rings. The molecule has 2 aromatic rings.